The molecule has 3 aliphatic heterocycles. The molecular weight excluding hydrogens is 304 g/mol. The normalized spacial score (nSPS) is 39.7. The van der Waals surface area contributed by atoms with Crippen LogP contribution in [0.1, 0.15) is 39.0 Å². The van der Waals surface area contributed by atoms with Gasteiger partial charge in [-0.15, -0.1) is 0 Å². The van der Waals surface area contributed by atoms with Gasteiger partial charge in [0.05, 0.1) is 6.10 Å². The van der Waals surface area contributed by atoms with E-state index >= 15 is 0 Å². The maximum absolute atomic E-state index is 10.4. The Bertz CT molecular complexity index is 416. The number of aliphatic hydroxyl groups excluding tert-OH is 3. The van der Waals surface area contributed by atoms with Crippen LogP contribution < -0.4 is 0 Å². The van der Waals surface area contributed by atoms with Crippen LogP contribution in [0.4, 0.5) is 0 Å². The highest BCUT2D eigenvalue weighted by molar-refractivity contribution is 8.14. The van der Waals surface area contributed by atoms with Gasteiger partial charge >= 0.3 is 0 Å². The SMILES string of the molecule is CCCC[C@@H](O)C1O[C@@H]2SC(N3CCCC3)=N[C@@H]2[C@@H](O)[C@@H]1O. The van der Waals surface area contributed by atoms with E-state index < -0.39 is 30.5 Å². The van der Waals surface area contributed by atoms with Crippen LogP contribution in [0.2, 0.25) is 0 Å². The Kier molecular flexibility index (Phi) is 5.29. The summed E-state index contributed by atoms with van der Waals surface area (Å²) >= 11 is 1.51. The van der Waals surface area contributed by atoms with Gasteiger partial charge in [-0.3, -0.25) is 4.99 Å². The summed E-state index contributed by atoms with van der Waals surface area (Å²) < 4.78 is 5.90. The van der Waals surface area contributed by atoms with E-state index in [4.69, 9.17) is 4.74 Å². The van der Waals surface area contributed by atoms with Crippen LogP contribution in [0.25, 0.3) is 0 Å². The molecule has 0 saturated carbocycles. The van der Waals surface area contributed by atoms with Gasteiger partial charge in [-0.05, 0) is 19.3 Å². The van der Waals surface area contributed by atoms with Crippen molar-refractivity contribution in [1.82, 2.24) is 4.90 Å². The van der Waals surface area contributed by atoms with Crippen molar-refractivity contribution in [2.45, 2.75) is 74.9 Å². The van der Waals surface area contributed by atoms with E-state index in [1.165, 1.54) is 24.6 Å². The van der Waals surface area contributed by atoms with Crippen LogP contribution in [-0.4, -0.2) is 74.4 Å². The van der Waals surface area contributed by atoms with Crippen molar-refractivity contribution in [2.24, 2.45) is 4.99 Å². The summed E-state index contributed by atoms with van der Waals surface area (Å²) in [6.07, 6.45) is 1.21. The molecule has 3 aliphatic rings. The van der Waals surface area contributed by atoms with Gasteiger partial charge in [0.2, 0.25) is 0 Å². The van der Waals surface area contributed by atoms with Crippen LogP contribution in [0, 0.1) is 0 Å². The fourth-order valence-electron chi connectivity index (χ4n) is 3.33. The molecule has 0 aromatic carbocycles. The van der Waals surface area contributed by atoms with Crippen molar-refractivity contribution >= 4 is 16.9 Å². The first kappa shape index (κ1) is 16.5. The van der Waals surface area contributed by atoms with Crippen molar-refractivity contribution in [2.75, 3.05) is 13.1 Å². The number of ether oxygens (including phenoxy) is 1. The van der Waals surface area contributed by atoms with E-state index in [1.54, 1.807) is 0 Å². The van der Waals surface area contributed by atoms with Gasteiger partial charge in [0.25, 0.3) is 0 Å². The molecule has 6 nitrogen and oxygen atoms in total. The minimum Gasteiger partial charge on any atom is -0.390 e. The Labute approximate surface area is 135 Å². The molecule has 0 radical (unpaired) electrons. The highest BCUT2D eigenvalue weighted by Gasteiger charge is 2.50. The van der Waals surface area contributed by atoms with Crippen LogP contribution in [0.5, 0.6) is 0 Å². The fraction of sp³-hybridized carbons (Fsp3) is 0.933. The molecule has 3 N–H and O–H groups in total. The molecule has 3 rings (SSSR count). The Hall–Kier alpha value is -0.340. The quantitative estimate of drug-likeness (QED) is 0.698. The van der Waals surface area contributed by atoms with Crippen LogP contribution >= 0.6 is 11.8 Å². The molecule has 0 aliphatic carbocycles. The van der Waals surface area contributed by atoms with Crippen molar-refractivity contribution in [3.05, 3.63) is 0 Å². The van der Waals surface area contributed by atoms with Crippen LogP contribution in [0.15, 0.2) is 4.99 Å². The van der Waals surface area contributed by atoms with E-state index in [0.29, 0.717) is 6.42 Å². The maximum Gasteiger partial charge on any atom is 0.162 e. The first-order chi connectivity index (χ1) is 10.6. The third-order valence-electron chi connectivity index (χ3n) is 4.70. The van der Waals surface area contributed by atoms with Gasteiger partial charge in [0, 0.05) is 13.1 Å². The summed E-state index contributed by atoms with van der Waals surface area (Å²) in [6, 6.07) is -0.440. The number of hydrogen-bond acceptors (Lipinski definition) is 7. The monoisotopic (exact) mass is 330 g/mol. The summed E-state index contributed by atoms with van der Waals surface area (Å²) in [6.45, 7) is 4.04. The smallest absolute Gasteiger partial charge is 0.162 e. The predicted octanol–water partition coefficient (Wildman–Crippen LogP) is 0.551. The standard InChI is InChI=1S/C15H26N2O4S/c1-2-3-6-9(18)13-12(20)11(19)10-14(21-13)22-15(16-10)17-7-4-5-8-17/h9-14,18-20H,2-8H2,1H3/t9-,10-,11-,12+,13?,14-/m1/s1. The molecule has 0 amide bonds. The lowest BCUT2D eigenvalue weighted by Crippen LogP contribution is -2.58. The van der Waals surface area contributed by atoms with Crippen molar-refractivity contribution < 1.29 is 20.1 Å². The van der Waals surface area contributed by atoms with Crippen molar-refractivity contribution in [3.63, 3.8) is 0 Å². The topological polar surface area (TPSA) is 85.5 Å². The minimum absolute atomic E-state index is 0.310. The number of thioether (sulfide) groups is 1. The summed E-state index contributed by atoms with van der Waals surface area (Å²) in [4.78, 5) is 6.78. The Balaban J connectivity index is 1.66. The number of aliphatic hydroxyl groups is 3. The third-order valence-corrected chi connectivity index (χ3v) is 5.89. The lowest BCUT2D eigenvalue weighted by Gasteiger charge is -2.40. The number of rotatable bonds is 4. The molecule has 1 unspecified atom stereocenters. The van der Waals surface area contributed by atoms with Crippen molar-refractivity contribution in [1.29, 1.82) is 0 Å². The number of likely N-dealkylation sites (tertiary alicyclic amines) is 1. The van der Waals surface area contributed by atoms with Crippen molar-refractivity contribution in [3.8, 4) is 0 Å². The first-order valence-corrected chi connectivity index (χ1v) is 9.19. The number of fused-ring (bicyclic) bond motifs is 1. The van der Waals surface area contributed by atoms with E-state index in [0.717, 1.165) is 31.1 Å². The largest absolute Gasteiger partial charge is 0.390 e. The number of hydrogen-bond donors (Lipinski definition) is 3. The van der Waals surface area contributed by atoms with Gasteiger partial charge in [0.15, 0.2) is 5.17 Å². The van der Waals surface area contributed by atoms with Crippen LogP contribution in [0.3, 0.4) is 0 Å². The highest BCUT2D eigenvalue weighted by atomic mass is 32.2. The lowest BCUT2D eigenvalue weighted by molar-refractivity contribution is -0.185. The molecule has 0 aromatic rings. The molecule has 3 heterocycles. The van der Waals surface area contributed by atoms with E-state index in [1.807, 2.05) is 0 Å². The molecule has 126 valence electrons. The van der Waals surface area contributed by atoms with E-state index in [9.17, 15) is 15.3 Å². The van der Waals surface area contributed by atoms with Crippen LogP contribution in [-0.2, 0) is 4.74 Å². The lowest BCUT2D eigenvalue weighted by atomic mass is 9.93. The Morgan fingerprint density at radius 1 is 1.32 bits per heavy atom. The number of unbranched alkanes of at least 4 members (excludes halogenated alkanes) is 1. The van der Waals surface area contributed by atoms with Gasteiger partial charge in [-0.2, -0.15) is 0 Å². The Morgan fingerprint density at radius 2 is 2.05 bits per heavy atom. The molecular formula is C15H26N2O4S. The maximum atomic E-state index is 10.4. The average Bonchev–Trinajstić information content (AvgIpc) is 3.16. The molecule has 7 heteroatoms. The number of aliphatic imine (C=N–C) groups is 1. The fourth-order valence-corrected chi connectivity index (χ4v) is 4.60. The second-order valence-electron chi connectivity index (χ2n) is 6.37. The number of nitrogens with zero attached hydrogens (tertiary/aromatic N) is 2. The first-order valence-electron chi connectivity index (χ1n) is 8.31. The predicted molar refractivity (Wildman–Crippen MR) is 85.8 cm³/mol. The van der Waals surface area contributed by atoms with E-state index in [2.05, 4.69) is 16.8 Å². The van der Waals surface area contributed by atoms with Gasteiger partial charge < -0.3 is 25.0 Å². The molecule has 0 spiro atoms. The highest BCUT2D eigenvalue weighted by Crippen LogP contribution is 2.39. The molecule has 6 atom stereocenters. The van der Waals surface area contributed by atoms with Gasteiger partial charge in [-0.25, -0.2) is 0 Å². The van der Waals surface area contributed by atoms with E-state index in [-0.39, 0.29) is 5.44 Å². The average molecular weight is 330 g/mol. The van der Waals surface area contributed by atoms with Gasteiger partial charge in [-0.1, -0.05) is 31.5 Å². The van der Waals surface area contributed by atoms with Gasteiger partial charge in [0.1, 0.15) is 29.8 Å². The second-order valence-corrected chi connectivity index (χ2v) is 7.44. The molecule has 0 bridgehead atoms. The second kappa shape index (κ2) is 7.05. The molecule has 2 fully saturated rings. The summed E-state index contributed by atoms with van der Waals surface area (Å²) in [5, 5.41) is 31.8. The summed E-state index contributed by atoms with van der Waals surface area (Å²) in [5.41, 5.74) is -0.310. The minimum atomic E-state index is -1.09. The third kappa shape index (κ3) is 3.14. The zero-order valence-corrected chi connectivity index (χ0v) is 13.8. The zero-order valence-electron chi connectivity index (χ0n) is 13.0. The molecule has 2 saturated heterocycles. The zero-order chi connectivity index (χ0) is 15.7. The number of amidine groups is 1. The molecule has 22 heavy (non-hydrogen) atoms. The molecule has 0 aromatic heterocycles. The summed E-state index contributed by atoms with van der Waals surface area (Å²) in [5.74, 6) is 0. The Morgan fingerprint density at radius 3 is 2.73 bits per heavy atom. The summed E-state index contributed by atoms with van der Waals surface area (Å²) in [7, 11) is 0.